The summed E-state index contributed by atoms with van der Waals surface area (Å²) >= 11 is 10.9. The highest BCUT2D eigenvalue weighted by Crippen LogP contribution is 2.25. The van der Waals surface area contributed by atoms with E-state index in [2.05, 4.69) is 4.98 Å². The van der Waals surface area contributed by atoms with Gasteiger partial charge in [-0.15, -0.1) is 0 Å². The number of nitro benzene ring substituents is 1. The van der Waals surface area contributed by atoms with E-state index in [-0.39, 0.29) is 11.3 Å². The van der Waals surface area contributed by atoms with Crippen LogP contribution in [0, 0.1) is 10.1 Å². The van der Waals surface area contributed by atoms with Crippen LogP contribution >= 0.6 is 23.2 Å². The number of rotatable bonds is 4. The standard InChI is InChI=1S/C11H7Cl2N3O3/c12-11(13)10(17)7-1-2-8(9(5-7)16(18)19)15-4-3-14-6-15/h1-6,11H. The predicted molar refractivity (Wildman–Crippen MR) is 70.0 cm³/mol. The Morgan fingerprint density at radius 1 is 1.42 bits per heavy atom. The molecule has 0 aliphatic heterocycles. The number of benzene rings is 1. The zero-order valence-electron chi connectivity index (χ0n) is 9.36. The maximum absolute atomic E-state index is 11.6. The minimum atomic E-state index is -1.25. The normalized spacial score (nSPS) is 10.7. The first-order chi connectivity index (χ1) is 9.00. The summed E-state index contributed by atoms with van der Waals surface area (Å²) in [4.78, 5) is 24.7. The molecule has 0 bridgehead atoms. The second-order valence-electron chi connectivity index (χ2n) is 3.60. The molecule has 6 nitrogen and oxygen atoms in total. The summed E-state index contributed by atoms with van der Waals surface area (Å²) in [7, 11) is 0. The summed E-state index contributed by atoms with van der Waals surface area (Å²) in [6, 6.07) is 4.03. The Morgan fingerprint density at radius 3 is 2.68 bits per heavy atom. The average molecular weight is 300 g/mol. The van der Waals surface area contributed by atoms with Crippen molar-refractivity contribution in [3.63, 3.8) is 0 Å². The van der Waals surface area contributed by atoms with Crippen LogP contribution in [0.2, 0.25) is 0 Å². The fourth-order valence-electron chi connectivity index (χ4n) is 1.57. The number of aromatic nitrogens is 2. The summed E-state index contributed by atoms with van der Waals surface area (Å²) in [6.45, 7) is 0. The van der Waals surface area contributed by atoms with Crippen LogP contribution in [0.3, 0.4) is 0 Å². The van der Waals surface area contributed by atoms with Gasteiger partial charge in [-0.1, -0.05) is 23.2 Å². The van der Waals surface area contributed by atoms with Gasteiger partial charge in [-0.25, -0.2) is 4.98 Å². The lowest BCUT2D eigenvalue weighted by atomic mass is 10.1. The van der Waals surface area contributed by atoms with Crippen LogP contribution in [-0.4, -0.2) is 25.1 Å². The zero-order valence-corrected chi connectivity index (χ0v) is 10.9. The Kier molecular flexibility index (Phi) is 3.82. The van der Waals surface area contributed by atoms with Gasteiger partial charge in [0.05, 0.1) is 11.3 Å². The molecule has 2 rings (SSSR count). The van der Waals surface area contributed by atoms with Crippen molar-refractivity contribution >= 4 is 34.7 Å². The summed E-state index contributed by atoms with van der Waals surface area (Å²) in [6.07, 6.45) is 4.49. The van der Waals surface area contributed by atoms with E-state index in [1.165, 1.54) is 29.2 Å². The van der Waals surface area contributed by atoms with E-state index in [1.807, 2.05) is 0 Å². The molecule has 1 aromatic carbocycles. The summed E-state index contributed by atoms with van der Waals surface area (Å²) in [5, 5.41) is 11.1. The quantitative estimate of drug-likeness (QED) is 0.376. The minimum Gasteiger partial charge on any atom is -0.300 e. The highest BCUT2D eigenvalue weighted by molar-refractivity contribution is 6.55. The largest absolute Gasteiger partial charge is 0.300 e. The van der Waals surface area contributed by atoms with Crippen LogP contribution in [0.25, 0.3) is 5.69 Å². The van der Waals surface area contributed by atoms with Crippen LogP contribution < -0.4 is 0 Å². The Morgan fingerprint density at radius 2 is 2.16 bits per heavy atom. The highest BCUT2D eigenvalue weighted by Gasteiger charge is 2.21. The third-order valence-corrected chi connectivity index (χ3v) is 2.83. The van der Waals surface area contributed by atoms with Gasteiger partial charge < -0.3 is 4.57 Å². The topological polar surface area (TPSA) is 78.0 Å². The van der Waals surface area contributed by atoms with Gasteiger partial charge in [-0.2, -0.15) is 0 Å². The molecular formula is C11H7Cl2N3O3. The molecule has 1 heterocycles. The number of hydrogen-bond acceptors (Lipinski definition) is 4. The van der Waals surface area contributed by atoms with Gasteiger partial charge in [0.25, 0.3) is 5.69 Å². The van der Waals surface area contributed by atoms with Gasteiger partial charge in [0.2, 0.25) is 0 Å². The molecule has 19 heavy (non-hydrogen) atoms. The van der Waals surface area contributed by atoms with E-state index in [0.29, 0.717) is 5.69 Å². The van der Waals surface area contributed by atoms with Crippen molar-refractivity contribution in [2.45, 2.75) is 4.84 Å². The van der Waals surface area contributed by atoms with Crippen LogP contribution in [0.5, 0.6) is 0 Å². The summed E-state index contributed by atoms with van der Waals surface area (Å²) in [5.74, 6) is -0.580. The monoisotopic (exact) mass is 299 g/mol. The van der Waals surface area contributed by atoms with Crippen molar-refractivity contribution in [3.8, 4) is 5.69 Å². The zero-order chi connectivity index (χ0) is 14.0. The van der Waals surface area contributed by atoms with Crippen LogP contribution in [0.4, 0.5) is 5.69 Å². The molecule has 98 valence electrons. The fraction of sp³-hybridized carbons (Fsp3) is 0.0909. The van der Waals surface area contributed by atoms with E-state index in [1.54, 1.807) is 6.20 Å². The Balaban J connectivity index is 2.54. The van der Waals surface area contributed by atoms with Gasteiger partial charge in [-0.3, -0.25) is 14.9 Å². The molecule has 8 heteroatoms. The van der Waals surface area contributed by atoms with E-state index in [4.69, 9.17) is 23.2 Å². The molecule has 0 amide bonds. The third kappa shape index (κ3) is 2.74. The van der Waals surface area contributed by atoms with Gasteiger partial charge in [-0.05, 0) is 12.1 Å². The number of ketones is 1. The number of carbonyl (C=O) groups excluding carboxylic acids is 1. The molecule has 0 spiro atoms. The van der Waals surface area contributed by atoms with E-state index in [9.17, 15) is 14.9 Å². The summed E-state index contributed by atoms with van der Waals surface area (Å²) < 4.78 is 1.48. The van der Waals surface area contributed by atoms with Gasteiger partial charge in [0.1, 0.15) is 5.69 Å². The molecular weight excluding hydrogens is 293 g/mol. The number of Topliss-reactive ketones (excluding diaryl/α,β-unsaturated/α-hetero) is 1. The smallest absolute Gasteiger partial charge is 0.293 e. The SMILES string of the molecule is O=C(c1ccc(-n2ccnc2)c([N+](=O)[O-])c1)C(Cl)Cl. The van der Waals surface area contributed by atoms with Crippen LogP contribution in [0.1, 0.15) is 10.4 Å². The Bertz CT molecular complexity index is 626. The Labute approximate surface area is 117 Å². The van der Waals surface area contributed by atoms with Gasteiger partial charge in [0, 0.05) is 24.0 Å². The maximum atomic E-state index is 11.6. The molecule has 0 atom stereocenters. The molecule has 0 fully saturated rings. The lowest BCUT2D eigenvalue weighted by Gasteiger charge is -2.06. The molecule has 2 aromatic rings. The lowest BCUT2D eigenvalue weighted by Crippen LogP contribution is -2.09. The fourth-order valence-corrected chi connectivity index (χ4v) is 1.82. The average Bonchev–Trinajstić information content (AvgIpc) is 2.90. The van der Waals surface area contributed by atoms with Crippen molar-refractivity contribution in [2.24, 2.45) is 0 Å². The summed E-state index contributed by atoms with van der Waals surface area (Å²) in [5.41, 5.74) is 0.170. The minimum absolute atomic E-state index is 0.0885. The number of halogens is 2. The highest BCUT2D eigenvalue weighted by atomic mass is 35.5. The first-order valence-corrected chi connectivity index (χ1v) is 5.97. The number of hydrogen-bond donors (Lipinski definition) is 0. The molecule has 1 aromatic heterocycles. The number of nitrogens with zero attached hydrogens (tertiary/aromatic N) is 3. The molecule has 0 saturated heterocycles. The Hall–Kier alpha value is -1.92. The number of imidazole rings is 1. The van der Waals surface area contributed by atoms with Crippen LogP contribution in [-0.2, 0) is 0 Å². The molecule has 0 N–H and O–H groups in total. The number of nitro groups is 1. The van der Waals surface area contributed by atoms with E-state index < -0.39 is 15.5 Å². The van der Waals surface area contributed by atoms with E-state index in [0.717, 1.165) is 6.07 Å². The molecule has 0 saturated carbocycles. The maximum Gasteiger partial charge on any atom is 0.293 e. The molecule has 0 radical (unpaired) electrons. The van der Waals surface area contributed by atoms with E-state index >= 15 is 0 Å². The van der Waals surface area contributed by atoms with Crippen molar-refractivity contribution < 1.29 is 9.72 Å². The number of alkyl halides is 2. The second kappa shape index (κ2) is 5.38. The van der Waals surface area contributed by atoms with Crippen molar-refractivity contribution in [1.82, 2.24) is 9.55 Å². The molecule has 0 aliphatic rings. The molecule has 0 unspecified atom stereocenters. The first-order valence-electron chi connectivity index (χ1n) is 5.10. The van der Waals surface area contributed by atoms with Crippen LogP contribution in [0.15, 0.2) is 36.9 Å². The lowest BCUT2D eigenvalue weighted by molar-refractivity contribution is -0.384. The van der Waals surface area contributed by atoms with Crippen molar-refractivity contribution in [3.05, 3.63) is 52.6 Å². The third-order valence-electron chi connectivity index (χ3n) is 2.44. The first kappa shape index (κ1) is 13.5. The number of carbonyl (C=O) groups is 1. The van der Waals surface area contributed by atoms with Crippen molar-refractivity contribution in [1.29, 1.82) is 0 Å². The predicted octanol–water partition coefficient (Wildman–Crippen LogP) is 2.77. The van der Waals surface area contributed by atoms with Gasteiger partial charge >= 0.3 is 0 Å². The molecule has 0 aliphatic carbocycles. The van der Waals surface area contributed by atoms with Gasteiger partial charge in [0.15, 0.2) is 10.6 Å². The second-order valence-corrected chi connectivity index (χ2v) is 4.69. The van der Waals surface area contributed by atoms with Crippen molar-refractivity contribution in [2.75, 3.05) is 0 Å².